The van der Waals surface area contributed by atoms with E-state index < -0.39 is 0 Å². The van der Waals surface area contributed by atoms with Crippen LogP contribution in [0.4, 0.5) is 0 Å². The van der Waals surface area contributed by atoms with Crippen molar-refractivity contribution in [2.45, 2.75) is 32.9 Å². The second kappa shape index (κ2) is 6.10. The van der Waals surface area contributed by atoms with Crippen LogP contribution in [0.15, 0.2) is 16.9 Å². The molecule has 0 fully saturated rings. The van der Waals surface area contributed by atoms with E-state index in [-0.39, 0.29) is 6.04 Å². The Hall–Kier alpha value is -1.21. The molecule has 0 aliphatic carbocycles. The standard InChI is InChI=1S/C11H17BrN6/c1-3-5-13-10(9-7-14-17-16-9)11-8(12)6-15-18(11)4-2/h6-7,10,13H,3-5H2,1-2H3,(H,14,16,17). The maximum absolute atomic E-state index is 4.34. The summed E-state index contributed by atoms with van der Waals surface area (Å²) in [5, 5.41) is 18.5. The van der Waals surface area contributed by atoms with E-state index in [2.05, 4.69) is 55.6 Å². The van der Waals surface area contributed by atoms with Crippen molar-refractivity contribution >= 4 is 15.9 Å². The lowest BCUT2D eigenvalue weighted by Crippen LogP contribution is -2.26. The Bertz CT molecular complexity index is 478. The van der Waals surface area contributed by atoms with E-state index in [1.54, 1.807) is 6.20 Å². The SMILES string of the molecule is CCCNC(c1cn[nH]n1)c1c(Br)cnn1CC. The van der Waals surface area contributed by atoms with Gasteiger partial charge >= 0.3 is 0 Å². The van der Waals surface area contributed by atoms with E-state index in [9.17, 15) is 0 Å². The Morgan fingerprint density at radius 2 is 2.28 bits per heavy atom. The molecular weight excluding hydrogens is 296 g/mol. The van der Waals surface area contributed by atoms with Crippen LogP contribution >= 0.6 is 15.9 Å². The first-order valence-electron chi connectivity index (χ1n) is 6.08. The van der Waals surface area contributed by atoms with Crippen molar-refractivity contribution in [3.8, 4) is 0 Å². The number of rotatable bonds is 6. The molecule has 0 aliphatic rings. The zero-order valence-corrected chi connectivity index (χ0v) is 12.1. The Balaban J connectivity index is 2.36. The number of hydrogen-bond donors (Lipinski definition) is 2. The summed E-state index contributed by atoms with van der Waals surface area (Å²) >= 11 is 3.55. The fourth-order valence-electron chi connectivity index (χ4n) is 1.89. The van der Waals surface area contributed by atoms with Gasteiger partial charge in [0.15, 0.2) is 0 Å². The van der Waals surface area contributed by atoms with E-state index in [1.165, 1.54) is 0 Å². The molecule has 2 aromatic heterocycles. The molecule has 2 N–H and O–H groups in total. The first-order chi connectivity index (χ1) is 8.77. The average Bonchev–Trinajstić information content (AvgIpc) is 3.01. The lowest BCUT2D eigenvalue weighted by atomic mass is 10.1. The number of H-pyrrole nitrogens is 1. The maximum Gasteiger partial charge on any atom is 0.106 e. The van der Waals surface area contributed by atoms with Crippen molar-refractivity contribution in [3.63, 3.8) is 0 Å². The summed E-state index contributed by atoms with van der Waals surface area (Å²) in [6.45, 7) is 5.95. The Morgan fingerprint density at radius 1 is 1.44 bits per heavy atom. The van der Waals surface area contributed by atoms with Crippen molar-refractivity contribution in [2.75, 3.05) is 6.54 Å². The van der Waals surface area contributed by atoms with Gasteiger partial charge in [-0.25, -0.2) is 0 Å². The highest BCUT2D eigenvalue weighted by Gasteiger charge is 2.22. The lowest BCUT2D eigenvalue weighted by molar-refractivity contribution is 0.520. The van der Waals surface area contributed by atoms with Crippen LogP contribution in [0.3, 0.4) is 0 Å². The number of aromatic nitrogens is 5. The molecule has 0 radical (unpaired) electrons. The molecule has 0 saturated heterocycles. The van der Waals surface area contributed by atoms with Gasteiger partial charge in [0.05, 0.1) is 28.6 Å². The van der Waals surface area contributed by atoms with E-state index in [0.29, 0.717) is 0 Å². The molecule has 1 atom stereocenters. The summed E-state index contributed by atoms with van der Waals surface area (Å²) in [5.41, 5.74) is 1.96. The van der Waals surface area contributed by atoms with Gasteiger partial charge in [-0.3, -0.25) is 4.68 Å². The monoisotopic (exact) mass is 312 g/mol. The molecule has 0 aliphatic heterocycles. The summed E-state index contributed by atoms with van der Waals surface area (Å²) in [5.74, 6) is 0. The van der Waals surface area contributed by atoms with Crippen molar-refractivity contribution in [2.24, 2.45) is 0 Å². The van der Waals surface area contributed by atoms with Crippen LogP contribution in [-0.4, -0.2) is 31.7 Å². The summed E-state index contributed by atoms with van der Waals surface area (Å²) in [6, 6.07) is 0.000486. The predicted octanol–water partition coefficient (Wildman–Crippen LogP) is 1.87. The zero-order chi connectivity index (χ0) is 13.0. The van der Waals surface area contributed by atoms with Crippen molar-refractivity contribution < 1.29 is 0 Å². The van der Waals surface area contributed by atoms with Gasteiger partial charge in [0, 0.05) is 6.54 Å². The fourth-order valence-corrected chi connectivity index (χ4v) is 2.42. The molecule has 0 spiro atoms. The average molecular weight is 313 g/mol. The zero-order valence-electron chi connectivity index (χ0n) is 10.5. The Labute approximate surface area is 114 Å². The van der Waals surface area contributed by atoms with Gasteiger partial charge in [-0.05, 0) is 35.8 Å². The van der Waals surface area contributed by atoms with Gasteiger partial charge in [0.1, 0.15) is 5.69 Å². The van der Waals surface area contributed by atoms with Crippen LogP contribution in [0.2, 0.25) is 0 Å². The van der Waals surface area contributed by atoms with Crippen LogP contribution in [0.5, 0.6) is 0 Å². The molecule has 1 unspecified atom stereocenters. The molecule has 2 aromatic rings. The molecule has 0 bridgehead atoms. The second-order valence-electron chi connectivity index (χ2n) is 3.98. The molecule has 7 heteroatoms. The van der Waals surface area contributed by atoms with Crippen molar-refractivity contribution in [3.05, 3.63) is 28.3 Å². The van der Waals surface area contributed by atoms with Crippen LogP contribution in [0.1, 0.15) is 37.7 Å². The number of halogens is 1. The summed E-state index contributed by atoms with van der Waals surface area (Å²) in [6.07, 6.45) is 4.62. The minimum atomic E-state index is 0.000486. The number of hydrogen-bond acceptors (Lipinski definition) is 4. The first-order valence-corrected chi connectivity index (χ1v) is 6.87. The van der Waals surface area contributed by atoms with E-state index in [0.717, 1.165) is 35.4 Å². The molecule has 2 rings (SSSR count). The van der Waals surface area contributed by atoms with Crippen molar-refractivity contribution in [1.82, 2.24) is 30.5 Å². The summed E-state index contributed by atoms with van der Waals surface area (Å²) in [7, 11) is 0. The molecular formula is C11H17BrN6. The smallest absolute Gasteiger partial charge is 0.106 e. The van der Waals surface area contributed by atoms with Crippen LogP contribution < -0.4 is 5.32 Å². The molecule has 0 amide bonds. The molecule has 0 aromatic carbocycles. The largest absolute Gasteiger partial charge is 0.304 e. The highest BCUT2D eigenvalue weighted by atomic mass is 79.9. The molecule has 6 nitrogen and oxygen atoms in total. The predicted molar refractivity (Wildman–Crippen MR) is 72.1 cm³/mol. The van der Waals surface area contributed by atoms with Gasteiger partial charge in [0.25, 0.3) is 0 Å². The fraction of sp³-hybridized carbons (Fsp3) is 0.545. The third kappa shape index (κ3) is 2.62. The molecule has 18 heavy (non-hydrogen) atoms. The molecule has 98 valence electrons. The number of nitrogens with zero attached hydrogens (tertiary/aromatic N) is 4. The minimum absolute atomic E-state index is 0.000486. The Morgan fingerprint density at radius 3 is 2.89 bits per heavy atom. The van der Waals surface area contributed by atoms with Gasteiger partial charge in [-0.15, -0.1) is 0 Å². The van der Waals surface area contributed by atoms with Gasteiger partial charge in [0.2, 0.25) is 0 Å². The van der Waals surface area contributed by atoms with Crippen LogP contribution in [0.25, 0.3) is 0 Å². The molecule has 2 heterocycles. The molecule has 0 saturated carbocycles. The van der Waals surface area contributed by atoms with Crippen molar-refractivity contribution in [1.29, 1.82) is 0 Å². The second-order valence-corrected chi connectivity index (χ2v) is 4.83. The van der Waals surface area contributed by atoms with Crippen LogP contribution in [0, 0.1) is 0 Å². The van der Waals surface area contributed by atoms with E-state index in [4.69, 9.17) is 0 Å². The van der Waals surface area contributed by atoms with Gasteiger partial charge in [-0.2, -0.15) is 20.5 Å². The number of aryl methyl sites for hydroxylation is 1. The topological polar surface area (TPSA) is 71.4 Å². The number of aromatic amines is 1. The van der Waals surface area contributed by atoms with E-state index in [1.807, 2.05) is 10.9 Å². The van der Waals surface area contributed by atoms with Gasteiger partial charge in [-0.1, -0.05) is 6.92 Å². The number of nitrogens with one attached hydrogen (secondary N) is 2. The third-order valence-corrected chi connectivity index (χ3v) is 3.35. The third-order valence-electron chi connectivity index (χ3n) is 2.73. The normalized spacial score (nSPS) is 12.8. The van der Waals surface area contributed by atoms with Gasteiger partial charge < -0.3 is 5.32 Å². The van der Waals surface area contributed by atoms with Crippen LogP contribution in [-0.2, 0) is 6.54 Å². The summed E-state index contributed by atoms with van der Waals surface area (Å²) in [4.78, 5) is 0. The van der Waals surface area contributed by atoms with E-state index >= 15 is 0 Å². The first kappa shape index (κ1) is 13.2. The summed E-state index contributed by atoms with van der Waals surface area (Å²) < 4.78 is 2.95. The highest BCUT2D eigenvalue weighted by molar-refractivity contribution is 9.10. The highest BCUT2D eigenvalue weighted by Crippen LogP contribution is 2.27. The Kier molecular flexibility index (Phi) is 4.48. The quantitative estimate of drug-likeness (QED) is 0.854. The lowest BCUT2D eigenvalue weighted by Gasteiger charge is -2.18. The maximum atomic E-state index is 4.34. The minimum Gasteiger partial charge on any atom is -0.304 e.